The van der Waals surface area contributed by atoms with E-state index in [-0.39, 0.29) is 35.5 Å². The van der Waals surface area contributed by atoms with Crippen LogP contribution < -0.4 is 0 Å². The summed E-state index contributed by atoms with van der Waals surface area (Å²) in [6, 6.07) is 0. The third kappa shape index (κ3) is 16.4. The van der Waals surface area contributed by atoms with Crippen molar-refractivity contribution in [1.82, 2.24) is 0 Å². The molecule has 4 heteroatoms. The molecule has 0 fully saturated rings. The number of hydrogen-bond donors (Lipinski definition) is 1. The van der Waals surface area contributed by atoms with E-state index in [2.05, 4.69) is 11.7 Å². The molecule has 0 aromatic rings. The standard InChI is InChI=1S/C14H28O3.Na.H/c1-2-3-4-5-6-7-8-9-10-11-12-14(16)17-13-15;;/h15H,2-13H2,1H3;;. The number of aliphatic hydroxyl groups is 1. The molecule has 0 aromatic heterocycles. The number of aliphatic hydroxyl groups excluding tert-OH is 1. The Morgan fingerprint density at radius 3 is 1.78 bits per heavy atom. The number of carbonyl (C=O) groups excluding carboxylic acids is 1. The van der Waals surface area contributed by atoms with Crippen molar-refractivity contribution in [2.45, 2.75) is 77.6 Å². The van der Waals surface area contributed by atoms with Crippen molar-refractivity contribution in [2.75, 3.05) is 6.79 Å². The SMILES string of the molecule is CCCCCCCCCCCCC(=O)OCO.[NaH]. The van der Waals surface area contributed by atoms with Gasteiger partial charge in [0.15, 0.2) is 6.79 Å². The molecule has 0 aromatic carbocycles. The Hall–Kier alpha value is 0.430. The summed E-state index contributed by atoms with van der Waals surface area (Å²) in [7, 11) is 0. The average Bonchev–Trinajstić information content (AvgIpc) is 2.32. The van der Waals surface area contributed by atoms with Crippen molar-refractivity contribution < 1.29 is 14.6 Å². The molecule has 18 heavy (non-hydrogen) atoms. The van der Waals surface area contributed by atoms with Gasteiger partial charge in [-0.15, -0.1) is 0 Å². The van der Waals surface area contributed by atoms with Crippen LogP contribution in [0.15, 0.2) is 0 Å². The normalized spacial score (nSPS) is 9.89. The summed E-state index contributed by atoms with van der Waals surface area (Å²) >= 11 is 0. The van der Waals surface area contributed by atoms with E-state index < -0.39 is 6.79 Å². The predicted octanol–water partition coefficient (Wildman–Crippen LogP) is 3.14. The van der Waals surface area contributed by atoms with Crippen molar-refractivity contribution in [3.8, 4) is 0 Å². The van der Waals surface area contributed by atoms with Gasteiger partial charge in [-0.25, -0.2) is 0 Å². The Balaban J connectivity index is 0. The van der Waals surface area contributed by atoms with Crippen molar-refractivity contribution >= 4 is 35.5 Å². The topological polar surface area (TPSA) is 46.5 Å². The fourth-order valence-corrected chi connectivity index (χ4v) is 1.90. The van der Waals surface area contributed by atoms with Gasteiger partial charge >= 0.3 is 35.5 Å². The molecule has 0 spiro atoms. The number of ether oxygens (including phenoxy) is 1. The summed E-state index contributed by atoms with van der Waals surface area (Å²) in [5.41, 5.74) is 0. The summed E-state index contributed by atoms with van der Waals surface area (Å²) in [4.78, 5) is 10.9. The summed E-state index contributed by atoms with van der Waals surface area (Å²) in [6.07, 6.45) is 13.0. The number of esters is 1. The Morgan fingerprint density at radius 2 is 1.33 bits per heavy atom. The molecule has 0 bridgehead atoms. The Labute approximate surface area is 134 Å². The molecule has 0 unspecified atom stereocenters. The molecule has 0 radical (unpaired) electrons. The van der Waals surface area contributed by atoms with Crippen LogP contribution in [-0.2, 0) is 9.53 Å². The fourth-order valence-electron chi connectivity index (χ4n) is 1.90. The van der Waals surface area contributed by atoms with Gasteiger partial charge in [0.1, 0.15) is 0 Å². The van der Waals surface area contributed by atoms with Crippen LogP contribution in [0.2, 0.25) is 0 Å². The average molecular weight is 268 g/mol. The van der Waals surface area contributed by atoms with Crippen LogP contribution in [0.3, 0.4) is 0 Å². The van der Waals surface area contributed by atoms with Crippen molar-refractivity contribution in [3.05, 3.63) is 0 Å². The van der Waals surface area contributed by atoms with Gasteiger partial charge < -0.3 is 9.84 Å². The first kappa shape index (κ1) is 20.7. The Bertz CT molecular complexity index is 174. The van der Waals surface area contributed by atoms with Crippen molar-refractivity contribution in [3.63, 3.8) is 0 Å². The zero-order valence-electron chi connectivity index (χ0n) is 11.2. The van der Waals surface area contributed by atoms with E-state index in [1.807, 2.05) is 0 Å². The second-order valence-electron chi connectivity index (χ2n) is 4.58. The number of hydrogen-bond acceptors (Lipinski definition) is 3. The molecule has 0 atom stereocenters. The van der Waals surface area contributed by atoms with Gasteiger partial charge in [-0.05, 0) is 6.42 Å². The third-order valence-electron chi connectivity index (χ3n) is 2.96. The van der Waals surface area contributed by atoms with Crippen LogP contribution in [0.25, 0.3) is 0 Å². The molecule has 104 valence electrons. The summed E-state index contributed by atoms with van der Waals surface area (Å²) < 4.78 is 4.44. The summed E-state index contributed by atoms with van der Waals surface area (Å²) in [5, 5.41) is 8.35. The Kier molecular flexibility index (Phi) is 20.1. The van der Waals surface area contributed by atoms with E-state index in [0.29, 0.717) is 6.42 Å². The van der Waals surface area contributed by atoms with Gasteiger partial charge in [0.25, 0.3) is 0 Å². The van der Waals surface area contributed by atoms with Crippen molar-refractivity contribution in [1.29, 1.82) is 0 Å². The zero-order valence-corrected chi connectivity index (χ0v) is 11.2. The zero-order chi connectivity index (χ0) is 12.8. The van der Waals surface area contributed by atoms with Crippen LogP contribution >= 0.6 is 0 Å². The minimum absolute atomic E-state index is 0. The third-order valence-corrected chi connectivity index (χ3v) is 2.96. The minimum atomic E-state index is -0.489. The first-order chi connectivity index (χ1) is 8.31. The number of rotatable bonds is 12. The molecule has 0 heterocycles. The van der Waals surface area contributed by atoms with Crippen LogP contribution in [0, 0.1) is 0 Å². The molecule has 0 saturated carbocycles. The van der Waals surface area contributed by atoms with E-state index in [9.17, 15) is 4.79 Å². The van der Waals surface area contributed by atoms with Crippen molar-refractivity contribution in [2.24, 2.45) is 0 Å². The quantitative estimate of drug-likeness (QED) is 0.256. The van der Waals surface area contributed by atoms with Crippen LogP contribution in [-0.4, -0.2) is 47.4 Å². The summed E-state index contributed by atoms with van der Waals surface area (Å²) in [5.74, 6) is -0.285. The maximum absolute atomic E-state index is 10.9. The van der Waals surface area contributed by atoms with Gasteiger partial charge in [0, 0.05) is 6.42 Å². The van der Waals surface area contributed by atoms with E-state index in [0.717, 1.165) is 12.8 Å². The molecule has 0 saturated heterocycles. The second-order valence-corrected chi connectivity index (χ2v) is 4.58. The molecule has 3 nitrogen and oxygen atoms in total. The van der Waals surface area contributed by atoms with Gasteiger partial charge in [-0.2, -0.15) is 0 Å². The first-order valence-corrected chi connectivity index (χ1v) is 7.07. The molecular weight excluding hydrogens is 239 g/mol. The number of unbranched alkanes of at least 4 members (excludes halogenated alkanes) is 9. The van der Waals surface area contributed by atoms with Crippen LogP contribution in [0.1, 0.15) is 77.6 Å². The van der Waals surface area contributed by atoms with E-state index >= 15 is 0 Å². The van der Waals surface area contributed by atoms with Gasteiger partial charge in [-0.1, -0.05) is 64.7 Å². The molecular formula is C14H29NaO3. The maximum atomic E-state index is 10.9. The monoisotopic (exact) mass is 268 g/mol. The molecule has 0 rings (SSSR count). The molecule has 0 aliphatic rings. The van der Waals surface area contributed by atoms with Crippen LogP contribution in [0.4, 0.5) is 0 Å². The number of carbonyl (C=O) groups is 1. The van der Waals surface area contributed by atoms with E-state index in [1.54, 1.807) is 0 Å². The van der Waals surface area contributed by atoms with Gasteiger partial charge in [-0.3, -0.25) is 4.79 Å². The van der Waals surface area contributed by atoms with E-state index in [4.69, 9.17) is 5.11 Å². The molecule has 0 aliphatic heterocycles. The fraction of sp³-hybridized carbons (Fsp3) is 0.929. The summed E-state index contributed by atoms with van der Waals surface area (Å²) in [6.45, 7) is 1.75. The molecule has 1 N–H and O–H groups in total. The predicted molar refractivity (Wildman–Crippen MR) is 76.8 cm³/mol. The molecule has 0 amide bonds. The van der Waals surface area contributed by atoms with E-state index in [1.165, 1.54) is 51.4 Å². The first-order valence-electron chi connectivity index (χ1n) is 7.07. The van der Waals surface area contributed by atoms with Crippen LogP contribution in [0.5, 0.6) is 0 Å². The van der Waals surface area contributed by atoms with Gasteiger partial charge in [0.05, 0.1) is 0 Å². The van der Waals surface area contributed by atoms with Gasteiger partial charge in [0.2, 0.25) is 0 Å². The Morgan fingerprint density at radius 1 is 0.889 bits per heavy atom. The second kappa shape index (κ2) is 17.4. The molecule has 0 aliphatic carbocycles.